The van der Waals surface area contributed by atoms with E-state index in [1.165, 1.54) is 20.8 Å². The van der Waals surface area contributed by atoms with Gasteiger partial charge in [0, 0.05) is 0 Å². The maximum Gasteiger partial charge on any atom is 0.174 e. The fourth-order valence-electron chi connectivity index (χ4n) is 3.30. The Morgan fingerprint density at radius 3 is 1.09 bits per heavy atom. The SMILES string of the molecule is C=C(C)[Si](c1ccccc1)(c1ccccc1)c1ccccc1. The first-order valence-corrected chi connectivity index (χ1v) is 9.59. The van der Waals surface area contributed by atoms with Gasteiger partial charge in [-0.2, -0.15) is 0 Å². The number of benzene rings is 3. The standard InChI is InChI=1S/C21H20Si/c1-18(2)22(19-12-6-3-7-13-19,20-14-8-4-9-15-20)21-16-10-5-11-17-21/h3-17H,1H2,2H3. The van der Waals surface area contributed by atoms with Crippen molar-refractivity contribution in [1.29, 1.82) is 0 Å². The summed E-state index contributed by atoms with van der Waals surface area (Å²) < 4.78 is 0. The summed E-state index contributed by atoms with van der Waals surface area (Å²) in [6.07, 6.45) is 0. The summed E-state index contributed by atoms with van der Waals surface area (Å²) in [6, 6.07) is 32.5. The minimum Gasteiger partial charge on any atom is -0.103 e. The number of hydrogen-bond acceptors (Lipinski definition) is 0. The van der Waals surface area contributed by atoms with Gasteiger partial charge in [0.15, 0.2) is 8.07 Å². The van der Waals surface area contributed by atoms with Gasteiger partial charge in [-0.3, -0.25) is 0 Å². The van der Waals surface area contributed by atoms with Crippen molar-refractivity contribution in [3.05, 3.63) is 103 Å². The molecule has 0 aromatic heterocycles. The molecule has 3 rings (SSSR count). The first-order valence-electron chi connectivity index (χ1n) is 7.59. The molecule has 1 heteroatoms. The van der Waals surface area contributed by atoms with Crippen LogP contribution in [0.5, 0.6) is 0 Å². The van der Waals surface area contributed by atoms with E-state index in [-0.39, 0.29) is 0 Å². The molecule has 108 valence electrons. The van der Waals surface area contributed by atoms with Gasteiger partial charge in [0.1, 0.15) is 0 Å². The molecule has 0 aliphatic heterocycles. The van der Waals surface area contributed by atoms with E-state index < -0.39 is 8.07 Å². The Labute approximate surface area is 133 Å². The second kappa shape index (κ2) is 6.16. The van der Waals surface area contributed by atoms with Crippen molar-refractivity contribution in [3.8, 4) is 0 Å². The zero-order valence-electron chi connectivity index (χ0n) is 12.9. The molecule has 3 aromatic rings. The third-order valence-electron chi connectivity index (χ3n) is 4.26. The largest absolute Gasteiger partial charge is 0.174 e. The lowest BCUT2D eigenvalue weighted by Crippen LogP contribution is -2.68. The van der Waals surface area contributed by atoms with Gasteiger partial charge in [0.05, 0.1) is 0 Å². The van der Waals surface area contributed by atoms with E-state index in [4.69, 9.17) is 0 Å². The first-order chi connectivity index (χ1) is 10.8. The Hall–Kier alpha value is -2.38. The lowest BCUT2D eigenvalue weighted by Gasteiger charge is -2.34. The van der Waals surface area contributed by atoms with Crippen molar-refractivity contribution in [2.75, 3.05) is 0 Å². The van der Waals surface area contributed by atoms with Crippen molar-refractivity contribution < 1.29 is 0 Å². The van der Waals surface area contributed by atoms with Crippen molar-refractivity contribution in [2.45, 2.75) is 6.92 Å². The van der Waals surface area contributed by atoms with E-state index in [0.29, 0.717) is 0 Å². The highest BCUT2D eigenvalue weighted by Crippen LogP contribution is 2.15. The van der Waals surface area contributed by atoms with Gasteiger partial charge in [-0.15, -0.1) is 6.58 Å². The minimum absolute atomic E-state index is 1.26. The molecule has 0 saturated carbocycles. The quantitative estimate of drug-likeness (QED) is 0.512. The van der Waals surface area contributed by atoms with E-state index in [1.54, 1.807) is 0 Å². The van der Waals surface area contributed by atoms with Crippen LogP contribution in [0.25, 0.3) is 0 Å². The monoisotopic (exact) mass is 300 g/mol. The Morgan fingerprint density at radius 1 is 0.591 bits per heavy atom. The average molecular weight is 300 g/mol. The Kier molecular flexibility index (Phi) is 4.08. The Morgan fingerprint density at radius 2 is 0.864 bits per heavy atom. The van der Waals surface area contributed by atoms with Gasteiger partial charge >= 0.3 is 0 Å². The number of hydrogen-bond donors (Lipinski definition) is 0. The lowest BCUT2D eigenvalue weighted by atomic mass is 10.3. The highest BCUT2D eigenvalue weighted by Gasteiger charge is 2.39. The summed E-state index contributed by atoms with van der Waals surface area (Å²) in [7, 11) is -2.20. The summed E-state index contributed by atoms with van der Waals surface area (Å²) in [6.45, 7) is 6.60. The molecule has 0 aliphatic rings. The van der Waals surface area contributed by atoms with E-state index >= 15 is 0 Å². The summed E-state index contributed by atoms with van der Waals surface area (Å²) >= 11 is 0. The molecule has 0 N–H and O–H groups in total. The van der Waals surface area contributed by atoms with Gasteiger partial charge in [-0.1, -0.05) is 96.2 Å². The maximum atomic E-state index is 4.42. The molecule has 0 saturated heterocycles. The third-order valence-corrected chi connectivity index (χ3v) is 9.14. The predicted molar refractivity (Wildman–Crippen MR) is 98.8 cm³/mol. The fraction of sp³-hybridized carbons (Fsp3) is 0.0476. The van der Waals surface area contributed by atoms with E-state index in [9.17, 15) is 0 Å². The van der Waals surface area contributed by atoms with E-state index in [2.05, 4.69) is 104 Å². The van der Waals surface area contributed by atoms with Gasteiger partial charge in [0.25, 0.3) is 0 Å². The molecular formula is C21H20Si. The van der Waals surface area contributed by atoms with Crippen LogP contribution in [0, 0.1) is 0 Å². The Balaban J connectivity index is 2.37. The predicted octanol–water partition coefficient (Wildman–Crippen LogP) is 3.27. The second-order valence-electron chi connectivity index (χ2n) is 5.63. The second-order valence-corrected chi connectivity index (χ2v) is 9.71. The van der Waals surface area contributed by atoms with Gasteiger partial charge in [0.2, 0.25) is 0 Å². The topological polar surface area (TPSA) is 0 Å². The minimum atomic E-state index is -2.20. The molecule has 0 fully saturated rings. The molecule has 3 aromatic carbocycles. The van der Waals surface area contributed by atoms with E-state index in [1.807, 2.05) is 0 Å². The molecule has 0 spiro atoms. The molecule has 0 radical (unpaired) electrons. The smallest absolute Gasteiger partial charge is 0.103 e. The highest BCUT2D eigenvalue weighted by molar-refractivity contribution is 7.16. The molecule has 0 heterocycles. The van der Waals surface area contributed by atoms with Crippen molar-refractivity contribution in [1.82, 2.24) is 0 Å². The van der Waals surface area contributed by atoms with Crippen LogP contribution in [0.3, 0.4) is 0 Å². The molecule has 0 amide bonds. The molecule has 0 aliphatic carbocycles. The molecule has 22 heavy (non-hydrogen) atoms. The summed E-state index contributed by atoms with van der Waals surface area (Å²) in [4.78, 5) is 0. The highest BCUT2D eigenvalue weighted by atomic mass is 28.3. The maximum absolute atomic E-state index is 4.42. The van der Waals surface area contributed by atoms with Crippen LogP contribution in [0.15, 0.2) is 103 Å². The number of rotatable bonds is 4. The third kappa shape index (κ3) is 2.34. The fourth-order valence-corrected chi connectivity index (χ4v) is 7.86. The normalized spacial score (nSPS) is 11.1. The lowest BCUT2D eigenvalue weighted by molar-refractivity contribution is 1.59. The van der Waals surface area contributed by atoms with Crippen LogP contribution >= 0.6 is 0 Å². The van der Waals surface area contributed by atoms with Gasteiger partial charge in [-0.05, 0) is 22.5 Å². The van der Waals surface area contributed by atoms with E-state index in [0.717, 1.165) is 0 Å². The van der Waals surface area contributed by atoms with Gasteiger partial charge < -0.3 is 0 Å². The molecule has 0 bridgehead atoms. The summed E-state index contributed by atoms with van der Waals surface area (Å²) in [5, 5.41) is 5.43. The van der Waals surface area contributed by atoms with Gasteiger partial charge in [-0.25, -0.2) is 0 Å². The average Bonchev–Trinajstić information content (AvgIpc) is 2.58. The van der Waals surface area contributed by atoms with Crippen molar-refractivity contribution in [3.63, 3.8) is 0 Å². The molecular weight excluding hydrogens is 280 g/mol. The van der Waals surface area contributed by atoms with Crippen molar-refractivity contribution >= 4 is 23.6 Å². The summed E-state index contributed by atoms with van der Waals surface area (Å²) in [5.41, 5.74) is 0. The Bertz CT molecular complexity index is 649. The van der Waals surface area contributed by atoms with Crippen molar-refractivity contribution in [2.24, 2.45) is 0 Å². The first kappa shape index (κ1) is 14.5. The van der Waals surface area contributed by atoms with Crippen LogP contribution in [-0.2, 0) is 0 Å². The van der Waals surface area contributed by atoms with Crippen LogP contribution in [0.2, 0.25) is 0 Å². The zero-order chi connectivity index (χ0) is 15.4. The number of allylic oxidation sites excluding steroid dienone is 1. The van der Waals surface area contributed by atoms with Crippen LogP contribution in [0.1, 0.15) is 6.92 Å². The van der Waals surface area contributed by atoms with Crippen LogP contribution in [0.4, 0.5) is 0 Å². The molecule has 0 atom stereocenters. The summed E-state index contributed by atoms with van der Waals surface area (Å²) in [5.74, 6) is 0. The zero-order valence-corrected chi connectivity index (χ0v) is 13.9. The van der Waals surface area contributed by atoms with Crippen LogP contribution < -0.4 is 15.6 Å². The molecule has 0 unspecified atom stereocenters. The molecule has 0 nitrogen and oxygen atoms in total. The van der Waals surface area contributed by atoms with Crippen LogP contribution in [-0.4, -0.2) is 8.07 Å².